The van der Waals surface area contributed by atoms with Crippen molar-refractivity contribution in [3.63, 3.8) is 0 Å². The van der Waals surface area contributed by atoms with Crippen molar-refractivity contribution < 1.29 is 19.8 Å². The highest BCUT2D eigenvalue weighted by atomic mass is 16.4. The van der Waals surface area contributed by atoms with Gasteiger partial charge in [-0.15, -0.1) is 0 Å². The van der Waals surface area contributed by atoms with Gasteiger partial charge in [-0.1, -0.05) is 6.07 Å². The van der Waals surface area contributed by atoms with Crippen LogP contribution in [0.4, 0.5) is 5.69 Å². The van der Waals surface area contributed by atoms with Crippen molar-refractivity contribution in [1.29, 1.82) is 0 Å². The first-order chi connectivity index (χ1) is 8.08. The molecule has 2 rings (SSSR count). The molecule has 0 bridgehead atoms. The van der Waals surface area contributed by atoms with Gasteiger partial charge in [0.2, 0.25) is 0 Å². The van der Waals surface area contributed by atoms with E-state index in [4.69, 9.17) is 10.2 Å². The third-order valence-corrected chi connectivity index (χ3v) is 2.79. The van der Waals surface area contributed by atoms with Crippen LogP contribution in [0.25, 0.3) is 0 Å². The summed E-state index contributed by atoms with van der Waals surface area (Å²) in [5.41, 5.74) is 2.24. The molecule has 0 saturated carbocycles. The van der Waals surface area contributed by atoms with Crippen LogP contribution in [0.2, 0.25) is 0 Å². The molecule has 90 valence electrons. The average Bonchev–Trinajstić information content (AvgIpc) is 2.27. The minimum atomic E-state index is -1.03. The molecule has 5 heteroatoms. The Morgan fingerprint density at radius 2 is 2.06 bits per heavy atom. The lowest BCUT2D eigenvalue weighted by Crippen LogP contribution is -2.17. The van der Waals surface area contributed by atoms with E-state index in [-0.39, 0.29) is 12.0 Å². The van der Waals surface area contributed by atoms with Gasteiger partial charge in [0.1, 0.15) is 0 Å². The first kappa shape index (κ1) is 11.4. The number of benzene rings is 1. The minimum absolute atomic E-state index is 0.145. The van der Waals surface area contributed by atoms with Gasteiger partial charge in [0.05, 0.1) is 17.7 Å². The zero-order valence-electron chi connectivity index (χ0n) is 9.19. The molecule has 0 spiro atoms. The summed E-state index contributed by atoms with van der Waals surface area (Å²) in [6, 6.07) is 3.22. The Labute approximate surface area is 98.1 Å². The summed E-state index contributed by atoms with van der Waals surface area (Å²) in [6.07, 6.45) is 1.58. The third-order valence-electron chi connectivity index (χ3n) is 2.79. The average molecular weight is 235 g/mol. The molecule has 0 atom stereocenters. The maximum Gasteiger partial charge on any atom is 0.337 e. The van der Waals surface area contributed by atoms with E-state index < -0.39 is 11.9 Å². The lowest BCUT2D eigenvalue weighted by molar-refractivity contribution is -0.136. The van der Waals surface area contributed by atoms with Crippen molar-refractivity contribution in [1.82, 2.24) is 0 Å². The number of anilines is 1. The fourth-order valence-electron chi connectivity index (χ4n) is 2.11. The zero-order valence-corrected chi connectivity index (χ0v) is 9.19. The molecule has 0 saturated heterocycles. The predicted octanol–water partition coefficient (Wildman–Crippen LogP) is 1.37. The first-order valence-corrected chi connectivity index (χ1v) is 5.42. The highest BCUT2D eigenvalue weighted by Gasteiger charge is 2.19. The fraction of sp³-hybridized carbons (Fsp3) is 0.333. The lowest BCUT2D eigenvalue weighted by Gasteiger charge is -2.20. The van der Waals surface area contributed by atoms with Crippen molar-refractivity contribution in [2.75, 3.05) is 11.9 Å². The molecule has 1 aromatic rings. The molecule has 1 aliphatic heterocycles. The molecule has 3 N–H and O–H groups in total. The standard InChI is InChI=1S/C12H13NO4/c14-10(15)6-7-4-8-2-1-3-13-11(8)9(5-7)12(16)17/h4-5,13H,1-3,6H2,(H,14,15)(H,16,17). The van der Waals surface area contributed by atoms with Crippen molar-refractivity contribution in [3.05, 3.63) is 28.8 Å². The second-order valence-electron chi connectivity index (χ2n) is 4.08. The summed E-state index contributed by atoms with van der Waals surface area (Å²) in [6.45, 7) is 0.756. The van der Waals surface area contributed by atoms with E-state index in [1.807, 2.05) is 0 Å². The van der Waals surface area contributed by atoms with E-state index in [1.165, 1.54) is 6.07 Å². The Morgan fingerprint density at radius 1 is 1.29 bits per heavy atom. The smallest absolute Gasteiger partial charge is 0.337 e. The normalized spacial score (nSPS) is 13.6. The van der Waals surface area contributed by atoms with Gasteiger partial charge in [0.25, 0.3) is 0 Å². The predicted molar refractivity (Wildman–Crippen MR) is 61.6 cm³/mol. The number of aromatic carboxylic acids is 1. The number of nitrogens with one attached hydrogen (secondary N) is 1. The molecule has 0 radical (unpaired) electrons. The number of carboxylic acid groups (broad SMARTS) is 2. The van der Waals surface area contributed by atoms with Gasteiger partial charge >= 0.3 is 11.9 Å². The topological polar surface area (TPSA) is 86.6 Å². The van der Waals surface area contributed by atoms with E-state index in [2.05, 4.69) is 5.32 Å². The fourth-order valence-corrected chi connectivity index (χ4v) is 2.11. The Hall–Kier alpha value is -2.04. The van der Waals surface area contributed by atoms with Crippen molar-refractivity contribution in [2.24, 2.45) is 0 Å². The highest BCUT2D eigenvalue weighted by molar-refractivity contribution is 5.96. The second-order valence-corrected chi connectivity index (χ2v) is 4.08. The van der Waals surface area contributed by atoms with Gasteiger partial charge in [0, 0.05) is 6.54 Å². The molecule has 0 fully saturated rings. The summed E-state index contributed by atoms with van der Waals surface area (Å²) in [7, 11) is 0. The van der Waals surface area contributed by atoms with Crippen LogP contribution in [-0.2, 0) is 17.6 Å². The number of hydrogen-bond donors (Lipinski definition) is 3. The monoisotopic (exact) mass is 235 g/mol. The van der Waals surface area contributed by atoms with Crippen LogP contribution in [0.15, 0.2) is 12.1 Å². The largest absolute Gasteiger partial charge is 0.481 e. The SMILES string of the molecule is O=C(O)Cc1cc2c(c(C(=O)O)c1)NCCC2. The van der Waals surface area contributed by atoms with Gasteiger partial charge in [-0.3, -0.25) is 4.79 Å². The summed E-state index contributed by atoms with van der Waals surface area (Å²) in [4.78, 5) is 21.8. The van der Waals surface area contributed by atoms with Gasteiger partial charge in [-0.2, -0.15) is 0 Å². The van der Waals surface area contributed by atoms with E-state index >= 15 is 0 Å². The van der Waals surface area contributed by atoms with Gasteiger partial charge in [-0.25, -0.2) is 4.79 Å². The van der Waals surface area contributed by atoms with Crippen LogP contribution in [0.1, 0.15) is 27.9 Å². The first-order valence-electron chi connectivity index (χ1n) is 5.42. The van der Waals surface area contributed by atoms with Crippen molar-refractivity contribution >= 4 is 17.6 Å². The van der Waals surface area contributed by atoms with Crippen molar-refractivity contribution in [2.45, 2.75) is 19.3 Å². The van der Waals surface area contributed by atoms with Gasteiger partial charge in [0.15, 0.2) is 0 Å². The molecule has 1 aliphatic rings. The highest BCUT2D eigenvalue weighted by Crippen LogP contribution is 2.28. The van der Waals surface area contributed by atoms with Gasteiger partial charge in [-0.05, 0) is 30.0 Å². The number of rotatable bonds is 3. The van der Waals surface area contributed by atoms with Crippen LogP contribution in [0.5, 0.6) is 0 Å². The molecule has 5 nitrogen and oxygen atoms in total. The number of carbonyl (C=O) groups is 2. The zero-order chi connectivity index (χ0) is 12.4. The number of hydrogen-bond acceptors (Lipinski definition) is 3. The van der Waals surface area contributed by atoms with E-state index in [0.717, 1.165) is 24.9 Å². The molecule has 0 aliphatic carbocycles. The maximum atomic E-state index is 11.1. The Balaban J connectivity index is 2.48. The minimum Gasteiger partial charge on any atom is -0.481 e. The molecule has 0 aromatic heterocycles. The molecule has 0 amide bonds. The Kier molecular flexibility index (Phi) is 2.99. The van der Waals surface area contributed by atoms with Crippen molar-refractivity contribution in [3.8, 4) is 0 Å². The quantitative estimate of drug-likeness (QED) is 0.736. The van der Waals surface area contributed by atoms with Crippen LogP contribution in [0.3, 0.4) is 0 Å². The summed E-state index contributed by atoms with van der Waals surface area (Å²) in [5, 5.41) is 20.9. The van der Waals surface area contributed by atoms with Crippen LogP contribution >= 0.6 is 0 Å². The third kappa shape index (κ3) is 2.38. The Bertz CT molecular complexity index is 482. The second kappa shape index (κ2) is 4.45. The summed E-state index contributed by atoms with van der Waals surface area (Å²) >= 11 is 0. The van der Waals surface area contributed by atoms with E-state index in [1.54, 1.807) is 6.07 Å². The van der Waals surface area contributed by atoms with Crippen LogP contribution in [0, 0.1) is 0 Å². The van der Waals surface area contributed by atoms with Crippen LogP contribution in [-0.4, -0.2) is 28.7 Å². The number of aliphatic carboxylic acids is 1. The summed E-state index contributed by atoms with van der Waals surface area (Å²) in [5.74, 6) is -1.98. The molecule has 1 heterocycles. The maximum absolute atomic E-state index is 11.1. The number of aryl methyl sites for hydroxylation is 1. The summed E-state index contributed by atoms with van der Waals surface area (Å²) < 4.78 is 0. The lowest BCUT2D eigenvalue weighted by atomic mass is 9.95. The molecule has 17 heavy (non-hydrogen) atoms. The number of carboxylic acids is 2. The molecule has 0 unspecified atom stereocenters. The molecular weight excluding hydrogens is 222 g/mol. The Morgan fingerprint density at radius 3 is 2.71 bits per heavy atom. The molecule has 1 aromatic carbocycles. The van der Waals surface area contributed by atoms with E-state index in [9.17, 15) is 9.59 Å². The van der Waals surface area contributed by atoms with Crippen LogP contribution < -0.4 is 5.32 Å². The molecular formula is C12H13NO4. The van der Waals surface area contributed by atoms with Gasteiger partial charge < -0.3 is 15.5 Å². The van der Waals surface area contributed by atoms with E-state index in [0.29, 0.717) is 11.3 Å². The number of fused-ring (bicyclic) bond motifs is 1.